The third-order valence-electron chi connectivity index (χ3n) is 4.13. The van der Waals surface area contributed by atoms with Gasteiger partial charge in [0.15, 0.2) is 5.78 Å². The summed E-state index contributed by atoms with van der Waals surface area (Å²) in [5.74, 6) is -0.564. The van der Waals surface area contributed by atoms with Crippen molar-refractivity contribution in [2.45, 2.75) is 64.6 Å². The zero-order valence-corrected chi connectivity index (χ0v) is 13.7. The van der Waals surface area contributed by atoms with E-state index in [0.717, 1.165) is 0 Å². The zero-order chi connectivity index (χ0) is 16.5. The van der Waals surface area contributed by atoms with E-state index in [4.69, 9.17) is 9.47 Å². The maximum absolute atomic E-state index is 11.8. The molecular formula is C17H28O4. The first-order valence-corrected chi connectivity index (χ1v) is 7.49. The van der Waals surface area contributed by atoms with Crippen LogP contribution in [0.25, 0.3) is 0 Å². The van der Waals surface area contributed by atoms with Crippen LogP contribution in [0.5, 0.6) is 0 Å². The first kappa shape index (κ1) is 19.6. The molecule has 0 bridgehead atoms. The molecule has 4 nitrogen and oxygen atoms in total. The van der Waals surface area contributed by atoms with E-state index in [1.807, 2.05) is 20.8 Å². The molecule has 0 heterocycles. The number of hydrogen-bond acceptors (Lipinski definition) is 4. The number of ether oxygens (including phenoxy) is 2. The molecule has 0 saturated heterocycles. The Morgan fingerprint density at radius 1 is 1.05 bits per heavy atom. The molecule has 0 aliphatic heterocycles. The lowest BCUT2D eigenvalue weighted by molar-refractivity contribution is -0.160. The van der Waals surface area contributed by atoms with Crippen molar-refractivity contribution in [3.05, 3.63) is 25.3 Å². The van der Waals surface area contributed by atoms with Crippen molar-refractivity contribution in [1.82, 2.24) is 0 Å². The van der Waals surface area contributed by atoms with Crippen LogP contribution in [0.3, 0.4) is 0 Å². The Morgan fingerprint density at radius 2 is 1.62 bits per heavy atom. The molecule has 0 aromatic rings. The summed E-state index contributed by atoms with van der Waals surface area (Å²) < 4.78 is 11.2. The van der Waals surface area contributed by atoms with Crippen LogP contribution in [0.4, 0.5) is 0 Å². The van der Waals surface area contributed by atoms with Crippen molar-refractivity contribution in [2.75, 3.05) is 6.61 Å². The van der Waals surface area contributed by atoms with Gasteiger partial charge in [-0.15, -0.1) is 0 Å². The molecule has 0 radical (unpaired) electrons. The fraction of sp³-hybridized carbons (Fsp3) is 0.647. The van der Waals surface area contributed by atoms with Gasteiger partial charge in [0.05, 0.1) is 6.61 Å². The molecule has 0 aromatic carbocycles. The molecule has 0 fully saturated rings. The molecule has 0 amide bonds. The van der Waals surface area contributed by atoms with Gasteiger partial charge in [-0.25, -0.2) is 4.79 Å². The second-order valence-electron chi connectivity index (χ2n) is 5.27. The maximum atomic E-state index is 11.8. The molecule has 1 atom stereocenters. The summed E-state index contributed by atoms with van der Waals surface area (Å²) in [4.78, 5) is 23.3. The highest BCUT2D eigenvalue weighted by molar-refractivity contribution is 5.96. The van der Waals surface area contributed by atoms with E-state index in [1.54, 1.807) is 6.92 Å². The van der Waals surface area contributed by atoms with E-state index >= 15 is 0 Å². The molecule has 0 N–H and O–H groups in total. The molecule has 0 rings (SSSR count). The molecule has 120 valence electrons. The van der Waals surface area contributed by atoms with Crippen molar-refractivity contribution in [1.29, 1.82) is 0 Å². The Morgan fingerprint density at radius 3 is 2.00 bits per heavy atom. The molecule has 0 saturated carbocycles. The highest BCUT2D eigenvalue weighted by Gasteiger charge is 2.33. The van der Waals surface area contributed by atoms with Gasteiger partial charge in [0.2, 0.25) is 0 Å². The van der Waals surface area contributed by atoms with Gasteiger partial charge in [-0.05, 0) is 32.3 Å². The van der Waals surface area contributed by atoms with E-state index in [0.29, 0.717) is 32.3 Å². The third-order valence-corrected chi connectivity index (χ3v) is 4.13. The second-order valence-corrected chi connectivity index (χ2v) is 5.27. The number of hydrogen-bond donors (Lipinski definition) is 0. The van der Waals surface area contributed by atoms with Gasteiger partial charge < -0.3 is 9.47 Å². The molecule has 0 spiro atoms. The van der Waals surface area contributed by atoms with Gasteiger partial charge in [0, 0.05) is 12.5 Å². The summed E-state index contributed by atoms with van der Waals surface area (Å²) in [6.45, 7) is 14.8. The van der Waals surface area contributed by atoms with Crippen LogP contribution in [0, 0.1) is 0 Å². The first-order chi connectivity index (χ1) is 9.82. The van der Waals surface area contributed by atoms with Gasteiger partial charge in [0.25, 0.3) is 0 Å². The van der Waals surface area contributed by atoms with Gasteiger partial charge in [-0.3, -0.25) is 4.79 Å². The topological polar surface area (TPSA) is 52.6 Å². The van der Waals surface area contributed by atoms with Crippen LogP contribution in [0.1, 0.15) is 53.4 Å². The average Bonchev–Trinajstić information content (AvgIpc) is 2.52. The SMILES string of the molecule is C=CC(=O)OC(CC)(CC)CCOC(C)(CC)C(=O)C=C. The average molecular weight is 296 g/mol. The van der Waals surface area contributed by atoms with Crippen molar-refractivity contribution < 1.29 is 19.1 Å². The van der Waals surface area contributed by atoms with Crippen LogP contribution < -0.4 is 0 Å². The largest absolute Gasteiger partial charge is 0.456 e. The molecular weight excluding hydrogens is 268 g/mol. The van der Waals surface area contributed by atoms with Crippen LogP contribution in [0.2, 0.25) is 0 Å². The molecule has 0 aliphatic rings. The van der Waals surface area contributed by atoms with E-state index in [-0.39, 0.29) is 5.78 Å². The molecule has 1 unspecified atom stereocenters. The second kappa shape index (κ2) is 8.78. The van der Waals surface area contributed by atoms with E-state index in [1.165, 1.54) is 12.2 Å². The zero-order valence-electron chi connectivity index (χ0n) is 13.7. The Bertz CT molecular complexity index is 382. The Hall–Kier alpha value is -1.42. The Balaban J connectivity index is 4.76. The lowest BCUT2D eigenvalue weighted by Crippen LogP contribution is -2.40. The fourth-order valence-corrected chi connectivity index (χ4v) is 2.08. The summed E-state index contributed by atoms with van der Waals surface area (Å²) in [5, 5.41) is 0. The van der Waals surface area contributed by atoms with Gasteiger partial charge in [-0.2, -0.15) is 0 Å². The summed E-state index contributed by atoms with van der Waals surface area (Å²) in [7, 11) is 0. The first-order valence-electron chi connectivity index (χ1n) is 7.49. The minimum Gasteiger partial charge on any atom is -0.456 e. The third kappa shape index (κ3) is 5.46. The quantitative estimate of drug-likeness (QED) is 0.432. The predicted octanol–water partition coefficient (Wildman–Crippen LogP) is 3.60. The highest BCUT2D eigenvalue weighted by Crippen LogP contribution is 2.27. The summed E-state index contributed by atoms with van der Waals surface area (Å²) in [6.07, 6.45) is 4.93. The van der Waals surface area contributed by atoms with Crippen LogP contribution in [0.15, 0.2) is 25.3 Å². The maximum Gasteiger partial charge on any atom is 0.330 e. The summed E-state index contributed by atoms with van der Waals surface area (Å²) in [6, 6.07) is 0. The lowest BCUT2D eigenvalue weighted by Gasteiger charge is -2.33. The standard InChI is InChI=1S/C17H28O4/c1-7-14(18)16(6,9-3)20-13-12-17(10-4,11-5)21-15(19)8-2/h7-8H,1-2,9-13H2,3-6H3. The molecule has 4 heteroatoms. The van der Waals surface area contributed by atoms with Crippen molar-refractivity contribution in [2.24, 2.45) is 0 Å². The molecule has 0 aliphatic carbocycles. The molecule has 21 heavy (non-hydrogen) atoms. The van der Waals surface area contributed by atoms with E-state index in [2.05, 4.69) is 13.2 Å². The minimum atomic E-state index is -0.864. The smallest absolute Gasteiger partial charge is 0.330 e. The monoisotopic (exact) mass is 296 g/mol. The Kier molecular flexibility index (Phi) is 8.18. The van der Waals surface area contributed by atoms with Crippen LogP contribution >= 0.6 is 0 Å². The number of ketones is 1. The number of carbonyl (C=O) groups excluding carboxylic acids is 2. The summed E-state index contributed by atoms with van der Waals surface area (Å²) >= 11 is 0. The lowest BCUT2D eigenvalue weighted by atomic mass is 9.92. The van der Waals surface area contributed by atoms with Crippen molar-refractivity contribution >= 4 is 11.8 Å². The van der Waals surface area contributed by atoms with Gasteiger partial charge >= 0.3 is 5.97 Å². The van der Waals surface area contributed by atoms with Gasteiger partial charge in [-0.1, -0.05) is 33.9 Å². The van der Waals surface area contributed by atoms with E-state index < -0.39 is 17.2 Å². The fourth-order valence-electron chi connectivity index (χ4n) is 2.08. The normalized spacial score (nSPS) is 14.1. The van der Waals surface area contributed by atoms with Crippen molar-refractivity contribution in [3.8, 4) is 0 Å². The minimum absolute atomic E-state index is 0.133. The number of esters is 1. The Labute approximate surface area is 128 Å². The molecule has 0 aromatic heterocycles. The number of rotatable bonds is 11. The van der Waals surface area contributed by atoms with Gasteiger partial charge in [0.1, 0.15) is 11.2 Å². The van der Waals surface area contributed by atoms with E-state index in [9.17, 15) is 9.59 Å². The van der Waals surface area contributed by atoms with Crippen LogP contribution in [-0.4, -0.2) is 29.6 Å². The van der Waals surface area contributed by atoms with Crippen LogP contribution in [-0.2, 0) is 19.1 Å². The number of carbonyl (C=O) groups is 2. The van der Waals surface area contributed by atoms with Crippen molar-refractivity contribution in [3.63, 3.8) is 0 Å². The summed E-state index contributed by atoms with van der Waals surface area (Å²) in [5.41, 5.74) is -1.44. The predicted molar refractivity (Wildman–Crippen MR) is 84.1 cm³/mol. The highest BCUT2D eigenvalue weighted by atomic mass is 16.6.